The van der Waals surface area contributed by atoms with E-state index in [0.717, 1.165) is 24.3 Å². The average Bonchev–Trinajstić information content (AvgIpc) is 2.82. The summed E-state index contributed by atoms with van der Waals surface area (Å²) in [5.41, 5.74) is 2.28. The van der Waals surface area contributed by atoms with E-state index in [1.54, 1.807) is 6.08 Å². The highest BCUT2D eigenvalue weighted by molar-refractivity contribution is 5.92. The molecule has 0 saturated heterocycles. The summed E-state index contributed by atoms with van der Waals surface area (Å²) in [4.78, 5) is 14.1. The molecule has 0 saturated carbocycles. The highest BCUT2D eigenvalue weighted by Gasteiger charge is 2.17. The lowest BCUT2D eigenvalue weighted by Crippen LogP contribution is -2.41. The molecule has 0 radical (unpaired) electrons. The summed E-state index contributed by atoms with van der Waals surface area (Å²) >= 11 is 0. The summed E-state index contributed by atoms with van der Waals surface area (Å²) in [6.45, 7) is 8.92. The molecule has 108 valence electrons. The molecule has 3 heteroatoms. The predicted octanol–water partition coefficient (Wildman–Crippen LogP) is 3.28. The highest BCUT2D eigenvalue weighted by Crippen LogP contribution is 2.26. The van der Waals surface area contributed by atoms with Crippen molar-refractivity contribution in [3.05, 3.63) is 35.4 Å². The normalized spacial score (nSPS) is 13.9. The second-order valence-corrected chi connectivity index (χ2v) is 5.73. The molecule has 3 nitrogen and oxygen atoms in total. The number of amides is 1. The van der Waals surface area contributed by atoms with Gasteiger partial charge in [-0.1, -0.05) is 6.07 Å². The molecule has 0 aromatic heterocycles. The van der Waals surface area contributed by atoms with Gasteiger partial charge in [-0.25, -0.2) is 0 Å². The van der Waals surface area contributed by atoms with E-state index in [4.69, 9.17) is 4.74 Å². The van der Waals surface area contributed by atoms with Gasteiger partial charge in [0.25, 0.3) is 0 Å². The summed E-state index contributed by atoms with van der Waals surface area (Å²) in [6, 6.07) is 6.49. The number of fused-ring (bicyclic) bond motifs is 1. The van der Waals surface area contributed by atoms with Crippen LogP contribution in [-0.2, 0) is 11.2 Å². The maximum absolute atomic E-state index is 12.2. The Hall–Kier alpha value is -1.77. The molecule has 0 unspecified atom stereocenters. The molecule has 0 fully saturated rings. The topological polar surface area (TPSA) is 29.5 Å². The molecule has 0 bridgehead atoms. The Labute approximate surface area is 121 Å². The Kier molecular flexibility index (Phi) is 4.48. The number of carbonyl (C=O) groups excluding carboxylic acids is 1. The molecule has 1 aromatic carbocycles. The Morgan fingerprint density at radius 3 is 2.60 bits per heavy atom. The monoisotopic (exact) mass is 273 g/mol. The Morgan fingerprint density at radius 2 is 1.95 bits per heavy atom. The first kappa shape index (κ1) is 14.6. The van der Waals surface area contributed by atoms with Gasteiger partial charge in [0.2, 0.25) is 5.91 Å². The van der Waals surface area contributed by atoms with Gasteiger partial charge < -0.3 is 9.64 Å². The first-order valence-electron chi connectivity index (χ1n) is 7.25. The van der Waals surface area contributed by atoms with Crippen LogP contribution in [0.15, 0.2) is 24.3 Å². The molecule has 0 N–H and O–H groups in total. The lowest BCUT2D eigenvalue weighted by atomic mass is 10.1. The van der Waals surface area contributed by atoms with Crippen LogP contribution in [0.3, 0.4) is 0 Å². The Bertz CT molecular complexity index is 510. The molecule has 1 aliphatic heterocycles. The van der Waals surface area contributed by atoms with Crippen LogP contribution < -0.4 is 4.74 Å². The lowest BCUT2D eigenvalue weighted by Gasteiger charge is -2.29. The van der Waals surface area contributed by atoms with Crippen LogP contribution >= 0.6 is 0 Å². The Morgan fingerprint density at radius 1 is 1.25 bits per heavy atom. The number of rotatable bonds is 4. The van der Waals surface area contributed by atoms with Crippen LogP contribution in [0, 0.1) is 0 Å². The third-order valence-corrected chi connectivity index (χ3v) is 3.50. The number of carbonyl (C=O) groups is 1. The largest absolute Gasteiger partial charge is 0.493 e. The van der Waals surface area contributed by atoms with Gasteiger partial charge in [0.05, 0.1) is 6.61 Å². The fourth-order valence-corrected chi connectivity index (χ4v) is 2.67. The summed E-state index contributed by atoms with van der Waals surface area (Å²) < 4.78 is 5.48. The average molecular weight is 273 g/mol. The smallest absolute Gasteiger partial charge is 0.247 e. The van der Waals surface area contributed by atoms with Crippen molar-refractivity contribution in [3.63, 3.8) is 0 Å². The second kappa shape index (κ2) is 6.12. The number of hydrogen-bond acceptors (Lipinski definition) is 2. The van der Waals surface area contributed by atoms with Crippen molar-refractivity contribution in [2.24, 2.45) is 0 Å². The van der Waals surface area contributed by atoms with Gasteiger partial charge in [0, 0.05) is 24.6 Å². The first-order chi connectivity index (χ1) is 9.49. The van der Waals surface area contributed by atoms with Crippen LogP contribution in [0.1, 0.15) is 38.8 Å². The zero-order valence-electron chi connectivity index (χ0n) is 12.7. The van der Waals surface area contributed by atoms with Gasteiger partial charge in [-0.3, -0.25) is 4.79 Å². The van der Waals surface area contributed by atoms with E-state index < -0.39 is 0 Å². The maximum atomic E-state index is 12.2. The molecule has 1 heterocycles. The molecule has 20 heavy (non-hydrogen) atoms. The molecule has 1 aliphatic rings. The van der Waals surface area contributed by atoms with E-state index in [9.17, 15) is 4.79 Å². The van der Waals surface area contributed by atoms with Crippen LogP contribution in [-0.4, -0.2) is 29.5 Å². The number of benzene rings is 1. The maximum Gasteiger partial charge on any atom is 0.247 e. The molecule has 2 rings (SSSR count). The van der Waals surface area contributed by atoms with Gasteiger partial charge in [-0.15, -0.1) is 0 Å². The number of ether oxygens (including phenoxy) is 1. The SMILES string of the molecule is CC(C)N(C(=O)/C=C/c1ccc2c(c1)CCO2)C(C)C. The van der Waals surface area contributed by atoms with Gasteiger partial charge in [-0.2, -0.15) is 0 Å². The quantitative estimate of drug-likeness (QED) is 0.788. The zero-order valence-corrected chi connectivity index (χ0v) is 12.7. The van der Waals surface area contributed by atoms with Crippen molar-refractivity contribution in [1.29, 1.82) is 0 Å². The van der Waals surface area contributed by atoms with Gasteiger partial charge in [0.15, 0.2) is 0 Å². The second-order valence-electron chi connectivity index (χ2n) is 5.73. The van der Waals surface area contributed by atoms with E-state index in [1.165, 1.54) is 5.56 Å². The Balaban J connectivity index is 2.10. The standard InChI is InChI=1S/C17H23NO2/c1-12(2)18(13(3)4)17(19)8-6-14-5-7-16-15(11-14)9-10-20-16/h5-8,11-13H,9-10H2,1-4H3/b8-6+. The lowest BCUT2D eigenvalue weighted by molar-refractivity contribution is -0.129. The van der Waals surface area contributed by atoms with E-state index >= 15 is 0 Å². The predicted molar refractivity (Wildman–Crippen MR) is 81.8 cm³/mol. The van der Waals surface area contributed by atoms with E-state index in [0.29, 0.717) is 0 Å². The minimum Gasteiger partial charge on any atom is -0.493 e. The fraction of sp³-hybridized carbons (Fsp3) is 0.471. The summed E-state index contributed by atoms with van der Waals surface area (Å²) in [7, 11) is 0. The van der Waals surface area contributed by atoms with Gasteiger partial charge in [0.1, 0.15) is 5.75 Å². The van der Waals surface area contributed by atoms with Crippen LogP contribution in [0.5, 0.6) is 5.75 Å². The van der Waals surface area contributed by atoms with Crippen molar-refractivity contribution >= 4 is 12.0 Å². The van der Waals surface area contributed by atoms with Crippen LogP contribution in [0.2, 0.25) is 0 Å². The van der Waals surface area contributed by atoms with Crippen molar-refractivity contribution in [3.8, 4) is 5.75 Å². The fourth-order valence-electron chi connectivity index (χ4n) is 2.67. The van der Waals surface area contributed by atoms with Crippen LogP contribution in [0.25, 0.3) is 6.08 Å². The van der Waals surface area contributed by atoms with Crippen LogP contribution in [0.4, 0.5) is 0 Å². The molecule has 0 atom stereocenters. The molecule has 0 aliphatic carbocycles. The highest BCUT2D eigenvalue weighted by atomic mass is 16.5. The van der Waals surface area contributed by atoms with Crippen molar-refractivity contribution < 1.29 is 9.53 Å². The number of nitrogens with zero attached hydrogens (tertiary/aromatic N) is 1. The van der Waals surface area contributed by atoms with Crippen molar-refractivity contribution in [2.45, 2.75) is 46.2 Å². The zero-order chi connectivity index (χ0) is 14.7. The summed E-state index contributed by atoms with van der Waals surface area (Å²) in [5, 5.41) is 0. The van der Waals surface area contributed by atoms with Crippen molar-refractivity contribution in [2.75, 3.05) is 6.61 Å². The molecular formula is C17H23NO2. The molecular weight excluding hydrogens is 250 g/mol. The third kappa shape index (κ3) is 3.21. The van der Waals surface area contributed by atoms with E-state index in [1.807, 2.05) is 50.8 Å². The summed E-state index contributed by atoms with van der Waals surface area (Å²) in [5.74, 6) is 1.03. The van der Waals surface area contributed by atoms with Gasteiger partial charge >= 0.3 is 0 Å². The third-order valence-electron chi connectivity index (χ3n) is 3.50. The molecule has 0 spiro atoms. The number of hydrogen-bond donors (Lipinski definition) is 0. The molecule has 1 aromatic rings. The minimum absolute atomic E-state index is 0.0618. The minimum atomic E-state index is 0.0618. The van der Waals surface area contributed by atoms with E-state index in [-0.39, 0.29) is 18.0 Å². The first-order valence-corrected chi connectivity index (χ1v) is 7.25. The summed E-state index contributed by atoms with van der Waals surface area (Å²) in [6.07, 6.45) is 4.51. The van der Waals surface area contributed by atoms with Crippen molar-refractivity contribution in [1.82, 2.24) is 4.90 Å². The van der Waals surface area contributed by atoms with Gasteiger partial charge in [-0.05, 0) is 57.0 Å². The molecule has 1 amide bonds. The van der Waals surface area contributed by atoms with E-state index in [2.05, 4.69) is 6.07 Å².